The molecule has 1 aromatic carbocycles. The molecular formula is C13H12Cl3NO. The molecule has 2 aliphatic carbocycles. The first-order valence-corrected chi connectivity index (χ1v) is 7.13. The maximum atomic E-state index is 12.1. The summed E-state index contributed by atoms with van der Waals surface area (Å²) in [6.45, 7) is 0. The molecule has 0 bridgehead atoms. The highest BCUT2D eigenvalue weighted by Crippen LogP contribution is 2.54. The molecule has 3 rings (SSSR count). The van der Waals surface area contributed by atoms with E-state index in [0.717, 1.165) is 24.7 Å². The number of hydrogen-bond donors (Lipinski definition) is 1. The van der Waals surface area contributed by atoms with Gasteiger partial charge in [-0.2, -0.15) is 0 Å². The average Bonchev–Trinajstić information content (AvgIpc) is 2.93. The van der Waals surface area contributed by atoms with Crippen LogP contribution >= 0.6 is 34.8 Å². The predicted molar refractivity (Wildman–Crippen MR) is 74.4 cm³/mol. The molecule has 2 atom stereocenters. The van der Waals surface area contributed by atoms with E-state index < -0.39 is 0 Å². The molecular weight excluding hydrogens is 293 g/mol. The first-order chi connectivity index (χ1) is 8.54. The van der Waals surface area contributed by atoms with Gasteiger partial charge in [-0.15, -0.1) is 0 Å². The summed E-state index contributed by atoms with van der Waals surface area (Å²) in [5.74, 6) is 1.73. The number of carbonyl (C=O) groups excluding carboxylic acids is 1. The third-order valence-electron chi connectivity index (χ3n) is 3.88. The highest BCUT2D eigenvalue weighted by atomic mass is 35.5. The van der Waals surface area contributed by atoms with Crippen molar-refractivity contribution in [2.45, 2.75) is 19.3 Å². The minimum absolute atomic E-state index is 0.0440. The number of anilines is 1. The fourth-order valence-corrected chi connectivity index (χ4v) is 3.38. The summed E-state index contributed by atoms with van der Waals surface area (Å²) in [6, 6.07) is 3.15. The second-order valence-electron chi connectivity index (χ2n) is 5.16. The molecule has 5 heteroatoms. The van der Waals surface area contributed by atoms with Crippen LogP contribution in [0, 0.1) is 17.8 Å². The molecule has 2 nitrogen and oxygen atoms in total. The summed E-state index contributed by atoms with van der Waals surface area (Å²) >= 11 is 17.8. The van der Waals surface area contributed by atoms with E-state index in [-0.39, 0.29) is 11.8 Å². The van der Waals surface area contributed by atoms with Crippen molar-refractivity contribution in [3.05, 3.63) is 27.2 Å². The topological polar surface area (TPSA) is 29.1 Å². The molecule has 2 fully saturated rings. The summed E-state index contributed by atoms with van der Waals surface area (Å²) in [4.78, 5) is 12.1. The average molecular weight is 305 g/mol. The van der Waals surface area contributed by atoms with Gasteiger partial charge in [0.05, 0.1) is 20.8 Å². The Morgan fingerprint density at radius 1 is 1.00 bits per heavy atom. The maximum absolute atomic E-state index is 12.1. The highest BCUT2D eigenvalue weighted by molar-refractivity contribution is 6.44. The van der Waals surface area contributed by atoms with E-state index in [1.54, 1.807) is 12.1 Å². The molecule has 2 unspecified atom stereocenters. The standard InChI is InChI=1S/C13H12Cl3NO/c14-9-4-11(16)12(5-10(9)15)17-13(18)8-2-6-1-7(6)3-8/h4-8H,1-3H2,(H,17,18). The van der Waals surface area contributed by atoms with Crippen molar-refractivity contribution in [2.24, 2.45) is 17.8 Å². The monoisotopic (exact) mass is 303 g/mol. The van der Waals surface area contributed by atoms with Crippen LogP contribution in [0.15, 0.2) is 12.1 Å². The summed E-state index contributed by atoms with van der Waals surface area (Å²) in [5.41, 5.74) is 0.539. The largest absolute Gasteiger partial charge is 0.324 e. The van der Waals surface area contributed by atoms with Crippen LogP contribution in [0.25, 0.3) is 0 Å². The number of rotatable bonds is 2. The lowest BCUT2D eigenvalue weighted by atomic mass is 10.0. The Labute approximate surface area is 121 Å². The van der Waals surface area contributed by atoms with Crippen molar-refractivity contribution in [1.29, 1.82) is 0 Å². The van der Waals surface area contributed by atoms with Crippen LogP contribution in [0.5, 0.6) is 0 Å². The molecule has 1 N–H and O–H groups in total. The van der Waals surface area contributed by atoms with E-state index in [2.05, 4.69) is 5.32 Å². The van der Waals surface area contributed by atoms with Gasteiger partial charge in [-0.25, -0.2) is 0 Å². The van der Waals surface area contributed by atoms with Crippen LogP contribution in [-0.2, 0) is 4.79 Å². The number of hydrogen-bond acceptors (Lipinski definition) is 1. The van der Waals surface area contributed by atoms with E-state index >= 15 is 0 Å². The fourth-order valence-electron chi connectivity index (χ4n) is 2.78. The van der Waals surface area contributed by atoms with E-state index in [1.165, 1.54) is 6.42 Å². The van der Waals surface area contributed by atoms with Gasteiger partial charge in [0.25, 0.3) is 0 Å². The Hall–Kier alpha value is -0.440. The van der Waals surface area contributed by atoms with Crippen LogP contribution in [0.3, 0.4) is 0 Å². The second kappa shape index (κ2) is 4.59. The van der Waals surface area contributed by atoms with Crippen LogP contribution in [0.2, 0.25) is 15.1 Å². The van der Waals surface area contributed by atoms with E-state index in [4.69, 9.17) is 34.8 Å². The molecule has 0 aliphatic heterocycles. The Morgan fingerprint density at radius 2 is 1.61 bits per heavy atom. The molecule has 96 valence electrons. The molecule has 0 spiro atoms. The summed E-state index contributed by atoms with van der Waals surface area (Å²) < 4.78 is 0. The number of fused-ring (bicyclic) bond motifs is 1. The van der Waals surface area contributed by atoms with Crippen molar-refractivity contribution < 1.29 is 4.79 Å². The van der Waals surface area contributed by atoms with E-state index in [9.17, 15) is 4.79 Å². The summed E-state index contributed by atoms with van der Waals surface area (Å²) in [6.07, 6.45) is 3.32. The quantitative estimate of drug-likeness (QED) is 0.793. The van der Waals surface area contributed by atoms with Gasteiger partial charge < -0.3 is 5.32 Å². The number of benzene rings is 1. The lowest BCUT2D eigenvalue weighted by molar-refractivity contribution is -0.120. The predicted octanol–water partition coefficient (Wildman–Crippen LogP) is 4.63. The molecule has 2 saturated carbocycles. The van der Waals surface area contributed by atoms with Crippen molar-refractivity contribution in [1.82, 2.24) is 0 Å². The van der Waals surface area contributed by atoms with Gasteiger partial charge >= 0.3 is 0 Å². The summed E-state index contributed by atoms with van der Waals surface area (Å²) in [7, 11) is 0. The molecule has 0 aromatic heterocycles. The Bertz CT molecular complexity index is 507. The SMILES string of the molecule is O=C(Nc1cc(Cl)c(Cl)cc1Cl)C1CC2CC2C1. The zero-order valence-electron chi connectivity index (χ0n) is 9.55. The Kier molecular flexibility index (Phi) is 3.21. The molecule has 18 heavy (non-hydrogen) atoms. The fraction of sp³-hybridized carbons (Fsp3) is 0.462. The molecule has 2 aliphatic rings. The molecule has 1 amide bonds. The van der Waals surface area contributed by atoms with Crippen molar-refractivity contribution >= 4 is 46.4 Å². The normalized spacial score (nSPS) is 28.9. The van der Waals surface area contributed by atoms with Gasteiger partial charge in [-0.3, -0.25) is 4.79 Å². The van der Waals surface area contributed by atoms with Crippen LogP contribution in [-0.4, -0.2) is 5.91 Å². The lowest BCUT2D eigenvalue weighted by Gasteiger charge is -2.13. The lowest BCUT2D eigenvalue weighted by Crippen LogP contribution is -2.21. The van der Waals surface area contributed by atoms with Crippen LogP contribution in [0.1, 0.15) is 19.3 Å². The number of nitrogens with one attached hydrogen (secondary N) is 1. The van der Waals surface area contributed by atoms with Gasteiger partial charge in [0.2, 0.25) is 5.91 Å². The molecule has 0 heterocycles. The van der Waals surface area contributed by atoms with E-state index in [0.29, 0.717) is 20.8 Å². The molecule has 0 radical (unpaired) electrons. The molecule has 1 aromatic rings. The Balaban J connectivity index is 1.72. The number of amides is 1. The van der Waals surface area contributed by atoms with Crippen LogP contribution in [0.4, 0.5) is 5.69 Å². The molecule has 0 saturated heterocycles. The minimum Gasteiger partial charge on any atom is -0.324 e. The van der Waals surface area contributed by atoms with Gasteiger partial charge in [-0.1, -0.05) is 34.8 Å². The summed E-state index contributed by atoms with van der Waals surface area (Å²) in [5, 5.41) is 4.05. The minimum atomic E-state index is 0.0440. The van der Waals surface area contributed by atoms with Gasteiger partial charge in [0, 0.05) is 5.92 Å². The van der Waals surface area contributed by atoms with Gasteiger partial charge in [-0.05, 0) is 43.2 Å². The highest BCUT2D eigenvalue weighted by Gasteiger charge is 2.48. The maximum Gasteiger partial charge on any atom is 0.227 e. The second-order valence-corrected chi connectivity index (χ2v) is 6.38. The Morgan fingerprint density at radius 3 is 2.28 bits per heavy atom. The number of halogens is 3. The smallest absolute Gasteiger partial charge is 0.227 e. The van der Waals surface area contributed by atoms with Crippen molar-refractivity contribution in [2.75, 3.05) is 5.32 Å². The first-order valence-electron chi connectivity index (χ1n) is 6.00. The first kappa shape index (κ1) is 12.6. The van der Waals surface area contributed by atoms with Gasteiger partial charge in [0.1, 0.15) is 0 Å². The van der Waals surface area contributed by atoms with Crippen LogP contribution < -0.4 is 5.32 Å². The third-order valence-corrected chi connectivity index (χ3v) is 4.92. The van der Waals surface area contributed by atoms with E-state index in [1.807, 2.05) is 0 Å². The van der Waals surface area contributed by atoms with Crippen molar-refractivity contribution in [3.8, 4) is 0 Å². The zero-order valence-corrected chi connectivity index (χ0v) is 11.8. The van der Waals surface area contributed by atoms with Crippen molar-refractivity contribution in [3.63, 3.8) is 0 Å². The zero-order chi connectivity index (χ0) is 12.9. The number of carbonyl (C=O) groups is 1. The third kappa shape index (κ3) is 2.34. The van der Waals surface area contributed by atoms with Gasteiger partial charge in [0.15, 0.2) is 0 Å².